The summed E-state index contributed by atoms with van der Waals surface area (Å²) in [6.07, 6.45) is 9.09. The predicted octanol–water partition coefficient (Wildman–Crippen LogP) is 3.03. The molecule has 2 heterocycles. The van der Waals surface area contributed by atoms with Gasteiger partial charge in [0.05, 0.1) is 5.39 Å². The van der Waals surface area contributed by atoms with Crippen LogP contribution in [0.4, 0.5) is 5.82 Å². The van der Waals surface area contributed by atoms with Gasteiger partial charge >= 0.3 is 0 Å². The van der Waals surface area contributed by atoms with Crippen LogP contribution < -0.4 is 5.32 Å². The third kappa shape index (κ3) is 2.11. The number of hydrogen-bond acceptors (Lipinski definition) is 4. The van der Waals surface area contributed by atoms with Crippen molar-refractivity contribution in [3.8, 4) is 0 Å². The Labute approximate surface area is 105 Å². The van der Waals surface area contributed by atoms with Gasteiger partial charge in [0.2, 0.25) is 0 Å². The number of rotatable bonds is 3. The Morgan fingerprint density at radius 1 is 1.35 bits per heavy atom. The second-order valence-corrected chi connectivity index (χ2v) is 5.20. The van der Waals surface area contributed by atoms with Gasteiger partial charge in [-0.05, 0) is 25.2 Å². The largest absolute Gasteiger partial charge is 0.367 e. The summed E-state index contributed by atoms with van der Waals surface area (Å²) in [6, 6.07) is 2.62. The van der Waals surface area contributed by atoms with Crippen LogP contribution in [0.15, 0.2) is 17.4 Å². The fraction of sp³-hybridized carbons (Fsp3) is 0.500. The van der Waals surface area contributed by atoms with Gasteiger partial charge in [-0.15, -0.1) is 0 Å². The standard InChI is InChI=1S/C12H16N4S/c1-17-12-15-10-9(6-7-13-10)11(16-12)14-8-4-2-3-5-8/h6-8H,2-5H2,1H3,(H2,13,14,15,16). The second-order valence-electron chi connectivity index (χ2n) is 4.42. The summed E-state index contributed by atoms with van der Waals surface area (Å²) in [4.78, 5) is 12.2. The van der Waals surface area contributed by atoms with Gasteiger partial charge in [0.25, 0.3) is 0 Å². The van der Waals surface area contributed by atoms with E-state index in [0.29, 0.717) is 6.04 Å². The zero-order valence-corrected chi connectivity index (χ0v) is 10.7. The number of hydrogen-bond donors (Lipinski definition) is 2. The highest BCUT2D eigenvalue weighted by Gasteiger charge is 2.17. The number of fused-ring (bicyclic) bond motifs is 1. The molecule has 0 atom stereocenters. The molecule has 0 spiro atoms. The monoisotopic (exact) mass is 248 g/mol. The Balaban J connectivity index is 1.97. The Bertz CT molecular complexity index is 516. The summed E-state index contributed by atoms with van der Waals surface area (Å²) < 4.78 is 0. The molecule has 1 saturated carbocycles. The Morgan fingerprint density at radius 3 is 2.94 bits per heavy atom. The summed E-state index contributed by atoms with van der Waals surface area (Å²) in [5.41, 5.74) is 0.921. The first kappa shape index (κ1) is 10.9. The molecule has 1 fully saturated rings. The van der Waals surface area contributed by atoms with Crippen molar-refractivity contribution in [1.29, 1.82) is 0 Å². The molecular formula is C12H16N4S. The van der Waals surface area contributed by atoms with Crippen LogP contribution in [0.5, 0.6) is 0 Å². The maximum absolute atomic E-state index is 4.58. The van der Waals surface area contributed by atoms with Gasteiger partial charge in [-0.25, -0.2) is 9.97 Å². The number of aromatic nitrogens is 3. The van der Waals surface area contributed by atoms with E-state index in [1.54, 1.807) is 11.8 Å². The van der Waals surface area contributed by atoms with Gasteiger partial charge in [0, 0.05) is 12.2 Å². The van der Waals surface area contributed by atoms with Gasteiger partial charge in [0.1, 0.15) is 11.5 Å². The summed E-state index contributed by atoms with van der Waals surface area (Å²) in [7, 11) is 0. The molecule has 0 bridgehead atoms. The lowest BCUT2D eigenvalue weighted by Crippen LogP contribution is -2.16. The third-order valence-electron chi connectivity index (χ3n) is 3.27. The molecule has 4 nitrogen and oxygen atoms in total. The maximum Gasteiger partial charge on any atom is 0.191 e. The minimum absolute atomic E-state index is 0.581. The van der Waals surface area contributed by atoms with Crippen molar-refractivity contribution in [2.24, 2.45) is 0 Å². The molecule has 1 aliphatic rings. The lowest BCUT2D eigenvalue weighted by atomic mass is 10.2. The fourth-order valence-corrected chi connectivity index (χ4v) is 2.75. The van der Waals surface area contributed by atoms with E-state index < -0.39 is 0 Å². The topological polar surface area (TPSA) is 53.6 Å². The maximum atomic E-state index is 4.58. The number of nitrogens with one attached hydrogen (secondary N) is 2. The van der Waals surface area contributed by atoms with Crippen LogP contribution in [0.3, 0.4) is 0 Å². The number of aromatic amines is 1. The van der Waals surface area contributed by atoms with Crippen LogP contribution in [-0.4, -0.2) is 27.2 Å². The number of H-pyrrole nitrogens is 1. The van der Waals surface area contributed by atoms with E-state index in [4.69, 9.17) is 0 Å². The molecule has 0 unspecified atom stereocenters. The van der Waals surface area contributed by atoms with E-state index in [1.807, 2.05) is 18.5 Å². The van der Waals surface area contributed by atoms with E-state index >= 15 is 0 Å². The normalized spacial score (nSPS) is 16.8. The molecule has 5 heteroatoms. The first-order valence-electron chi connectivity index (χ1n) is 6.02. The molecule has 0 aromatic carbocycles. The van der Waals surface area contributed by atoms with Gasteiger partial charge < -0.3 is 10.3 Å². The van der Waals surface area contributed by atoms with Crippen LogP contribution in [0.25, 0.3) is 11.0 Å². The van der Waals surface area contributed by atoms with Crippen molar-refractivity contribution in [3.05, 3.63) is 12.3 Å². The fourth-order valence-electron chi connectivity index (χ4n) is 2.39. The summed E-state index contributed by atoms with van der Waals surface area (Å²) in [5.74, 6) is 0.979. The van der Waals surface area contributed by atoms with Crippen molar-refractivity contribution in [2.75, 3.05) is 11.6 Å². The molecule has 90 valence electrons. The highest BCUT2D eigenvalue weighted by molar-refractivity contribution is 7.98. The van der Waals surface area contributed by atoms with E-state index in [0.717, 1.165) is 22.0 Å². The van der Waals surface area contributed by atoms with Crippen molar-refractivity contribution < 1.29 is 0 Å². The minimum Gasteiger partial charge on any atom is -0.367 e. The Kier molecular flexibility index (Phi) is 2.93. The zero-order valence-electron chi connectivity index (χ0n) is 9.86. The Morgan fingerprint density at radius 2 is 2.18 bits per heavy atom. The van der Waals surface area contributed by atoms with Crippen LogP contribution in [-0.2, 0) is 0 Å². The molecule has 0 saturated heterocycles. The molecular weight excluding hydrogens is 232 g/mol. The molecule has 2 N–H and O–H groups in total. The highest BCUT2D eigenvalue weighted by Crippen LogP contribution is 2.27. The van der Waals surface area contributed by atoms with E-state index in [9.17, 15) is 0 Å². The molecule has 2 aromatic rings. The van der Waals surface area contributed by atoms with Crippen LogP contribution in [0.2, 0.25) is 0 Å². The minimum atomic E-state index is 0.581. The molecule has 0 radical (unpaired) electrons. The molecule has 0 aliphatic heterocycles. The number of thioether (sulfide) groups is 1. The second kappa shape index (κ2) is 4.56. The van der Waals surface area contributed by atoms with E-state index in [-0.39, 0.29) is 0 Å². The Hall–Kier alpha value is -1.23. The molecule has 1 aliphatic carbocycles. The van der Waals surface area contributed by atoms with Crippen LogP contribution >= 0.6 is 11.8 Å². The lowest BCUT2D eigenvalue weighted by molar-refractivity contribution is 0.748. The van der Waals surface area contributed by atoms with Gasteiger partial charge in [-0.1, -0.05) is 24.6 Å². The van der Waals surface area contributed by atoms with Crippen molar-refractivity contribution >= 4 is 28.6 Å². The molecule has 0 amide bonds. The van der Waals surface area contributed by atoms with Crippen molar-refractivity contribution in [2.45, 2.75) is 36.9 Å². The average molecular weight is 248 g/mol. The molecule has 17 heavy (non-hydrogen) atoms. The van der Waals surface area contributed by atoms with E-state index in [2.05, 4.69) is 20.3 Å². The van der Waals surface area contributed by atoms with Gasteiger partial charge in [0.15, 0.2) is 5.16 Å². The summed E-state index contributed by atoms with van der Waals surface area (Å²) in [5, 5.41) is 5.47. The van der Waals surface area contributed by atoms with Gasteiger partial charge in [-0.3, -0.25) is 0 Å². The SMILES string of the molecule is CSc1nc(NC2CCCC2)c2cc[nH]c2n1. The molecule has 3 rings (SSSR count). The first-order chi connectivity index (χ1) is 8.36. The summed E-state index contributed by atoms with van der Waals surface area (Å²) >= 11 is 1.58. The van der Waals surface area contributed by atoms with Crippen molar-refractivity contribution in [1.82, 2.24) is 15.0 Å². The molecule has 2 aromatic heterocycles. The highest BCUT2D eigenvalue weighted by atomic mass is 32.2. The smallest absolute Gasteiger partial charge is 0.191 e. The zero-order chi connectivity index (χ0) is 11.7. The quantitative estimate of drug-likeness (QED) is 0.647. The number of nitrogens with zero attached hydrogens (tertiary/aromatic N) is 2. The number of anilines is 1. The van der Waals surface area contributed by atoms with Crippen LogP contribution in [0, 0.1) is 0 Å². The van der Waals surface area contributed by atoms with Gasteiger partial charge in [-0.2, -0.15) is 0 Å². The predicted molar refractivity (Wildman–Crippen MR) is 71.5 cm³/mol. The van der Waals surface area contributed by atoms with Crippen LogP contribution in [0.1, 0.15) is 25.7 Å². The van der Waals surface area contributed by atoms with E-state index in [1.165, 1.54) is 25.7 Å². The average Bonchev–Trinajstić information content (AvgIpc) is 2.98. The van der Waals surface area contributed by atoms with Crippen molar-refractivity contribution in [3.63, 3.8) is 0 Å². The third-order valence-corrected chi connectivity index (χ3v) is 3.82. The summed E-state index contributed by atoms with van der Waals surface area (Å²) in [6.45, 7) is 0. The lowest BCUT2D eigenvalue weighted by Gasteiger charge is -2.13. The first-order valence-corrected chi connectivity index (χ1v) is 7.25.